The van der Waals surface area contributed by atoms with E-state index in [1.807, 2.05) is 6.92 Å². The fourth-order valence-corrected chi connectivity index (χ4v) is 2.01. The van der Waals surface area contributed by atoms with Crippen molar-refractivity contribution in [2.45, 2.75) is 32.6 Å². The molecule has 1 saturated heterocycles. The van der Waals surface area contributed by atoms with E-state index in [-0.39, 0.29) is 24.9 Å². The Bertz CT molecular complexity index is 330. The van der Waals surface area contributed by atoms with Gasteiger partial charge in [0.15, 0.2) is 0 Å². The smallest absolute Gasteiger partial charge is 0.308 e. The van der Waals surface area contributed by atoms with Gasteiger partial charge >= 0.3 is 5.97 Å². The molecule has 1 aliphatic heterocycles. The van der Waals surface area contributed by atoms with Gasteiger partial charge < -0.3 is 15.3 Å². The lowest BCUT2D eigenvalue weighted by Gasteiger charge is -2.30. The van der Waals surface area contributed by atoms with Crippen LogP contribution in [0.3, 0.4) is 0 Å². The van der Waals surface area contributed by atoms with Gasteiger partial charge in [0.05, 0.1) is 12.5 Å². The van der Waals surface area contributed by atoms with E-state index >= 15 is 0 Å². The number of aliphatic carboxylic acids is 1. The van der Waals surface area contributed by atoms with Gasteiger partial charge in [0, 0.05) is 19.5 Å². The van der Waals surface area contributed by atoms with Gasteiger partial charge in [0.2, 0.25) is 11.8 Å². The molecule has 0 aromatic heterocycles. The second kappa shape index (κ2) is 6.98. The molecule has 1 heterocycles. The summed E-state index contributed by atoms with van der Waals surface area (Å²) < 4.78 is 0. The third kappa shape index (κ3) is 4.35. The van der Waals surface area contributed by atoms with Gasteiger partial charge in [-0.25, -0.2) is 0 Å². The summed E-state index contributed by atoms with van der Waals surface area (Å²) >= 11 is 0. The second-order valence-corrected chi connectivity index (χ2v) is 4.54. The molecule has 1 fully saturated rings. The fourth-order valence-electron chi connectivity index (χ4n) is 2.01. The van der Waals surface area contributed by atoms with E-state index in [1.165, 1.54) is 4.90 Å². The first-order valence-electron chi connectivity index (χ1n) is 6.31. The van der Waals surface area contributed by atoms with Crippen molar-refractivity contribution in [3.05, 3.63) is 0 Å². The molecular formula is C12H20N2O4. The largest absolute Gasteiger partial charge is 0.481 e. The maximum Gasteiger partial charge on any atom is 0.308 e. The number of rotatable bonds is 5. The first-order valence-corrected chi connectivity index (χ1v) is 6.31. The maximum absolute atomic E-state index is 11.8. The zero-order chi connectivity index (χ0) is 13.5. The highest BCUT2D eigenvalue weighted by atomic mass is 16.4. The number of nitrogens with zero attached hydrogens (tertiary/aromatic N) is 1. The third-order valence-corrected chi connectivity index (χ3v) is 3.04. The summed E-state index contributed by atoms with van der Waals surface area (Å²) in [6.07, 6.45) is 2.46. The van der Waals surface area contributed by atoms with Crippen molar-refractivity contribution in [3.8, 4) is 0 Å². The van der Waals surface area contributed by atoms with Crippen LogP contribution in [0, 0.1) is 5.92 Å². The molecule has 1 unspecified atom stereocenters. The van der Waals surface area contributed by atoms with Crippen LogP contribution in [-0.4, -0.2) is 47.4 Å². The Morgan fingerprint density at radius 1 is 1.39 bits per heavy atom. The molecule has 0 aliphatic carbocycles. The third-order valence-electron chi connectivity index (χ3n) is 3.04. The molecule has 0 aromatic carbocycles. The van der Waals surface area contributed by atoms with E-state index in [9.17, 15) is 14.4 Å². The van der Waals surface area contributed by atoms with Gasteiger partial charge in [0.1, 0.15) is 0 Å². The molecule has 0 spiro atoms. The number of carboxylic acid groups (broad SMARTS) is 1. The average molecular weight is 256 g/mol. The number of carboxylic acids is 1. The van der Waals surface area contributed by atoms with Crippen LogP contribution in [0.25, 0.3) is 0 Å². The number of carbonyl (C=O) groups excluding carboxylic acids is 2. The van der Waals surface area contributed by atoms with E-state index in [4.69, 9.17) is 5.11 Å². The molecule has 18 heavy (non-hydrogen) atoms. The van der Waals surface area contributed by atoms with Gasteiger partial charge in [-0.1, -0.05) is 6.92 Å². The molecule has 1 aliphatic rings. The summed E-state index contributed by atoms with van der Waals surface area (Å²) in [7, 11) is 0. The van der Waals surface area contributed by atoms with Crippen molar-refractivity contribution in [2.75, 3.05) is 19.6 Å². The fraction of sp³-hybridized carbons (Fsp3) is 0.750. The molecular weight excluding hydrogens is 236 g/mol. The van der Waals surface area contributed by atoms with Crippen LogP contribution in [0.15, 0.2) is 0 Å². The van der Waals surface area contributed by atoms with Crippen LogP contribution in [0.5, 0.6) is 0 Å². The van der Waals surface area contributed by atoms with Crippen molar-refractivity contribution in [1.29, 1.82) is 0 Å². The monoisotopic (exact) mass is 256 g/mol. The number of nitrogens with one attached hydrogen (secondary N) is 1. The first kappa shape index (κ1) is 14.5. The molecule has 1 atom stereocenters. The highest BCUT2D eigenvalue weighted by Crippen LogP contribution is 2.16. The van der Waals surface area contributed by atoms with E-state index in [0.717, 1.165) is 6.42 Å². The number of hydrogen-bond acceptors (Lipinski definition) is 3. The van der Waals surface area contributed by atoms with Gasteiger partial charge in [-0.05, 0) is 19.3 Å². The van der Waals surface area contributed by atoms with E-state index in [2.05, 4.69) is 5.32 Å². The van der Waals surface area contributed by atoms with Crippen molar-refractivity contribution in [2.24, 2.45) is 5.92 Å². The summed E-state index contributed by atoms with van der Waals surface area (Å²) in [5.41, 5.74) is 0. The summed E-state index contributed by atoms with van der Waals surface area (Å²) in [6.45, 7) is 2.68. The van der Waals surface area contributed by atoms with Crippen LogP contribution in [0.1, 0.15) is 32.6 Å². The zero-order valence-electron chi connectivity index (χ0n) is 10.6. The van der Waals surface area contributed by atoms with Gasteiger partial charge in [-0.15, -0.1) is 0 Å². The molecule has 6 heteroatoms. The van der Waals surface area contributed by atoms with Crippen molar-refractivity contribution in [3.63, 3.8) is 0 Å². The van der Waals surface area contributed by atoms with Gasteiger partial charge in [0.25, 0.3) is 0 Å². The minimum Gasteiger partial charge on any atom is -0.481 e. The summed E-state index contributed by atoms with van der Waals surface area (Å²) in [4.78, 5) is 35.4. The number of likely N-dealkylation sites (tertiary alicyclic amines) is 1. The lowest BCUT2D eigenvalue weighted by atomic mass is 9.98. The Hall–Kier alpha value is -1.59. The van der Waals surface area contributed by atoms with Gasteiger partial charge in [-0.3, -0.25) is 14.4 Å². The zero-order valence-corrected chi connectivity index (χ0v) is 10.6. The van der Waals surface area contributed by atoms with Crippen LogP contribution in [-0.2, 0) is 14.4 Å². The number of amides is 2. The van der Waals surface area contributed by atoms with Gasteiger partial charge in [-0.2, -0.15) is 0 Å². The van der Waals surface area contributed by atoms with Crippen LogP contribution < -0.4 is 5.32 Å². The van der Waals surface area contributed by atoms with E-state index in [0.29, 0.717) is 25.8 Å². The minimum atomic E-state index is -0.859. The topological polar surface area (TPSA) is 86.7 Å². The number of hydrogen-bond donors (Lipinski definition) is 2. The summed E-state index contributed by atoms with van der Waals surface area (Å²) in [6, 6.07) is 0. The van der Waals surface area contributed by atoms with Crippen molar-refractivity contribution < 1.29 is 19.5 Å². The first-order chi connectivity index (χ1) is 8.54. The highest BCUT2D eigenvalue weighted by Gasteiger charge is 2.27. The Morgan fingerprint density at radius 3 is 2.72 bits per heavy atom. The Morgan fingerprint density at radius 2 is 2.11 bits per heavy atom. The number of carbonyl (C=O) groups is 3. The predicted molar refractivity (Wildman–Crippen MR) is 64.9 cm³/mol. The molecule has 1 rings (SSSR count). The van der Waals surface area contributed by atoms with Crippen molar-refractivity contribution >= 4 is 17.8 Å². The predicted octanol–water partition coefficient (Wildman–Crippen LogP) is 0.226. The van der Waals surface area contributed by atoms with E-state index in [1.54, 1.807) is 0 Å². The Balaban J connectivity index is 2.37. The number of piperidine rings is 1. The SMILES string of the molecule is CCCC(=O)NCC(=O)N1CCCC(C(=O)O)C1. The normalized spacial score (nSPS) is 19.4. The van der Waals surface area contributed by atoms with Crippen molar-refractivity contribution in [1.82, 2.24) is 10.2 Å². The molecule has 0 bridgehead atoms. The summed E-state index contributed by atoms with van der Waals surface area (Å²) in [5, 5.41) is 11.5. The maximum atomic E-state index is 11.8. The molecule has 0 aromatic rings. The molecule has 2 N–H and O–H groups in total. The second-order valence-electron chi connectivity index (χ2n) is 4.54. The van der Waals surface area contributed by atoms with Crippen LogP contribution >= 0.6 is 0 Å². The Labute approximate surface area is 106 Å². The molecule has 102 valence electrons. The minimum absolute atomic E-state index is 0.0365. The highest BCUT2D eigenvalue weighted by molar-refractivity contribution is 5.85. The molecule has 0 saturated carbocycles. The molecule has 6 nitrogen and oxygen atoms in total. The molecule has 2 amide bonds. The van der Waals surface area contributed by atoms with Crippen LogP contribution in [0.2, 0.25) is 0 Å². The summed E-state index contributed by atoms with van der Waals surface area (Å²) in [5.74, 6) is -1.68. The quantitative estimate of drug-likeness (QED) is 0.737. The lowest BCUT2D eigenvalue weighted by Crippen LogP contribution is -2.46. The molecule has 0 radical (unpaired) electrons. The van der Waals surface area contributed by atoms with E-state index < -0.39 is 11.9 Å². The Kier molecular flexibility index (Phi) is 5.61. The van der Waals surface area contributed by atoms with Crippen LogP contribution in [0.4, 0.5) is 0 Å². The lowest BCUT2D eigenvalue weighted by molar-refractivity contribution is -0.145. The average Bonchev–Trinajstić information content (AvgIpc) is 2.36. The standard InChI is InChI=1S/C12H20N2O4/c1-2-4-10(15)13-7-11(16)14-6-3-5-9(8-14)12(17)18/h9H,2-8H2,1H3,(H,13,15)(H,17,18).